The van der Waals surface area contributed by atoms with Crippen molar-refractivity contribution in [2.24, 2.45) is 11.3 Å². The van der Waals surface area contributed by atoms with Gasteiger partial charge in [0.05, 0.1) is 6.04 Å². The Hall–Kier alpha value is -1.57. The lowest BCUT2D eigenvalue weighted by atomic mass is 9.92. The van der Waals surface area contributed by atoms with E-state index in [2.05, 4.69) is 5.32 Å². The van der Waals surface area contributed by atoms with Gasteiger partial charge in [-0.1, -0.05) is 19.1 Å². The molecule has 1 aromatic rings. The van der Waals surface area contributed by atoms with Gasteiger partial charge in [-0.25, -0.2) is 13.2 Å². The van der Waals surface area contributed by atoms with Crippen molar-refractivity contribution < 1.29 is 31.1 Å². The van der Waals surface area contributed by atoms with Crippen molar-refractivity contribution in [3.63, 3.8) is 0 Å². The minimum atomic E-state index is -4.83. The molecule has 8 heteroatoms. The average Bonchev–Trinajstić information content (AvgIpc) is 3.51. The van der Waals surface area contributed by atoms with Crippen LogP contribution in [0.4, 0.5) is 26.3 Å². The molecule has 2 aliphatic carbocycles. The van der Waals surface area contributed by atoms with Gasteiger partial charge in [-0.2, -0.15) is 13.2 Å². The van der Waals surface area contributed by atoms with Crippen molar-refractivity contribution in [2.45, 2.75) is 76.1 Å². The monoisotopic (exact) mass is 421 g/mol. The fourth-order valence-electron chi connectivity index (χ4n) is 3.56. The number of benzene rings is 1. The molecule has 162 valence electrons. The van der Waals surface area contributed by atoms with Gasteiger partial charge in [0.15, 0.2) is 5.78 Å². The standard InChI is InChI=1S/C21H25F6NO/c1-19(8-9-19)12-17(29)16(11-20(23,24)10-13-2-3-13)28-18(21(25,26)27)14-4-6-15(22)7-5-14/h4-7,13,16,18,28H,2-3,8-12H2,1H3/t16-,18-/m0/s1. The molecule has 0 aromatic heterocycles. The highest BCUT2D eigenvalue weighted by molar-refractivity contribution is 5.85. The number of ketones is 1. The number of alkyl halides is 5. The van der Waals surface area contributed by atoms with E-state index in [1.54, 1.807) is 0 Å². The molecule has 0 spiro atoms. The average molecular weight is 421 g/mol. The second-order valence-electron chi connectivity index (χ2n) is 8.91. The van der Waals surface area contributed by atoms with E-state index in [0.717, 1.165) is 37.1 Å². The lowest BCUT2D eigenvalue weighted by molar-refractivity contribution is -0.163. The smallest absolute Gasteiger partial charge is 0.298 e. The minimum absolute atomic E-state index is 0.0296. The molecule has 0 heterocycles. The minimum Gasteiger partial charge on any atom is -0.298 e. The van der Waals surface area contributed by atoms with Crippen LogP contribution in [-0.2, 0) is 4.79 Å². The first-order valence-electron chi connectivity index (χ1n) is 9.86. The number of hydrogen-bond acceptors (Lipinski definition) is 2. The number of nitrogens with one attached hydrogen (secondary N) is 1. The molecule has 0 radical (unpaired) electrons. The van der Waals surface area contributed by atoms with Gasteiger partial charge in [-0.3, -0.25) is 10.1 Å². The Bertz CT molecular complexity index is 722. The fourth-order valence-corrected chi connectivity index (χ4v) is 3.56. The highest BCUT2D eigenvalue weighted by Gasteiger charge is 2.48. The molecule has 0 saturated heterocycles. The van der Waals surface area contributed by atoms with Crippen LogP contribution in [0.25, 0.3) is 0 Å². The van der Waals surface area contributed by atoms with Crippen molar-refractivity contribution in [1.82, 2.24) is 5.32 Å². The Balaban J connectivity index is 1.81. The van der Waals surface area contributed by atoms with E-state index in [1.807, 2.05) is 6.92 Å². The lowest BCUT2D eigenvalue weighted by Crippen LogP contribution is -2.47. The summed E-state index contributed by atoms with van der Waals surface area (Å²) in [6.07, 6.45) is -3.37. The van der Waals surface area contributed by atoms with E-state index in [1.165, 1.54) is 0 Å². The van der Waals surface area contributed by atoms with Gasteiger partial charge in [0.2, 0.25) is 5.92 Å². The first kappa shape index (κ1) is 22.1. The summed E-state index contributed by atoms with van der Waals surface area (Å²) < 4.78 is 83.1. The topological polar surface area (TPSA) is 29.1 Å². The highest BCUT2D eigenvalue weighted by Crippen LogP contribution is 2.49. The van der Waals surface area contributed by atoms with Crippen LogP contribution in [0, 0.1) is 17.2 Å². The predicted octanol–water partition coefficient (Wildman–Crippen LogP) is 5.97. The summed E-state index contributed by atoms with van der Waals surface area (Å²) in [6.45, 7) is 1.82. The zero-order valence-electron chi connectivity index (χ0n) is 16.2. The molecule has 29 heavy (non-hydrogen) atoms. The molecule has 2 aliphatic rings. The molecule has 1 aromatic carbocycles. The second kappa shape index (κ2) is 7.93. The Kier molecular flexibility index (Phi) is 6.05. The Morgan fingerprint density at radius 2 is 1.72 bits per heavy atom. The van der Waals surface area contributed by atoms with Crippen LogP contribution >= 0.6 is 0 Å². The molecule has 3 rings (SSSR count). The summed E-state index contributed by atoms with van der Waals surface area (Å²) in [5, 5.41) is 2.15. The van der Waals surface area contributed by atoms with Crippen LogP contribution in [0.2, 0.25) is 0 Å². The van der Waals surface area contributed by atoms with Crippen molar-refractivity contribution in [2.75, 3.05) is 0 Å². The van der Waals surface area contributed by atoms with Gasteiger partial charge in [0, 0.05) is 19.3 Å². The van der Waals surface area contributed by atoms with Crippen molar-refractivity contribution in [3.05, 3.63) is 35.6 Å². The van der Waals surface area contributed by atoms with Crippen LogP contribution in [0.5, 0.6) is 0 Å². The number of Topliss-reactive ketones (excluding diaryl/α,β-unsaturated/α-hetero) is 1. The highest BCUT2D eigenvalue weighted by atomic mass is 19.4. The summed E-state index contributed by atoms with van der Waals surface area (Å²) in [7, 11) is 0. The molecule has 2 fully saturated rings. The molecular weight excluding hydrogens is 396 g/mol. The molecule has 0 amide bonds. The third-order valence-corrected chi connectivity index (χ3v) is 5.78. The maximum atomic E-state index is 14.5. The molecule has 0 unspecified atom stereocenters. The van der Waals surface area contributed by atoms with Gasteiger partial charge in [0.1, 0.15) is 11.9 Å². The number of carbonyl (C=O) groups is 1. The molecule has 2 nitrogen and oxygen atoms in total. The summed E-state index contributed by atoms with van der Waals surface area (Å²) >= 11 is 0. The van der Waals surface area contributed by atoms with Gasteiger partial charge < -0.3 is 0 Å². The van der Waals surface area contributed by atoms with Gasteiger partial charge in [-0.05, 0) is 54.7 Å². The number of carbonyl (C=O) groups excluding carboxylic acids is 1. The summed E-state index contributed by atoms with van der Waals surface area (Å²) in [4.78, 5) is 12.7. The van der Waals surface area contributed by atoms with Crippen LogP contribution < -0.4 is 5.32 Å². The maximum absolute atomic E-state index is 14.5. The van der Waals surface area contributed by atoms with E-state index >= 15 is 0 Å². The Labute approximate surface area is 166 Å². The third-order valence-electron chi connectivity index (χ3n) is 5.78. The van der Waals surface area contributed by atoms with E-state index < -0.39 is 48.6 Å². The summed E-state index contributed by atoms with van der Waals surface area (Å²) in [5.74, 6) is -4.69. The number of hydrogen-bond donors (Lipinski definition) is 1. The molecule has 1 N–H and O–H groups in total. The lowest BCUT2D eigenvalue weighted by Gasteiger charge is -2.30. The normalized spacial score (nSPS) is 20.9. The Morgan fingerprint density at radius 3 is 2.21 bits per heavy atom. The predicted molar refractivity (Wildman–Crippen MR) is 96.0 cm³/mol. The maximum Gasteiger partial charge on any atom is 0.407 e. The van der Waals surface area contributed by atoms with Gasteiger partial charge >= 0.3 is 6.18 Å². The van der Waals surface area contributed by atoms with Crippen molar-refractivity contribution in [3.8, 4) is 0 Å². The van der Waals surface area contributed by atoms with Gasteiger partial charge in [0.25, 0.3) is 0 Å². The summed E-state index contributed by atoms with van der Waals surface area (Å²) in [5.41, 5.74) is -0.633. The third kappa shape index (κ3) is 6.46. The molecule has 0 aliphatic heterocycles. The second-order valence-corrected chi connectivity index (χ2v) is 8.91. The van der Waals surface area contributed by atoms with E-state index in [4.69, 9.17) is 0 Å². The van der Waals surface area contributed by atoms with Gasteiger partial charge in [-0.15, -0.1) is 0 Å². The first-order chi connectivity index (χ1) is 13.4. The molecule has 2 atom stereocenters. The molecular formula is C21H25F6NO. The van der Waals surface area contributed by atoms with E-state index in [-0.39, 0.29) is 23.3 Å². The summed E-state index contributed by atoms with van der Waals surface area (Å²) in [6, 6.07) is -0.309. The first-order valence-corrected chi connectivity index (χ1v) is 9.86. The molecule has 0 bridgehead atoms. The SMILES string of the molecule is CC1(CC(=O)[C@H](CC(F)(F)CC2CC2)N[C@@H](c2ccc(F)cc2)C(F)(F)F)CC1. The number of halogens is 6. The quantitative estimate of drug-likeness (QED) is 0.472. The Morgan fingerprint density at radius 1 is 1.14 bits per heavy atom. The zero-order valence-corrected chi connectivity index (χ0v) is 16.2. The van der Waals surface area contributed by atoms with Crippen LogP contribution in [0.3, 0.4) is 0 Å². The van der Waals surface area contributed by atoms with Crippen LogP contribution in [0.15, 0.2) is 24.3 Å². The van der Waals surface area contributed by atoms with Crippen molar-refractivity contribution >= 4 is 5.78 Å². The van der Waals surface area contributed by atoms with E-state index in [9.17, 15) is 31.1 Å². The van der Waals surface area contributed by atoms with E-state index in [0.29, 0.717) is 12.8 Å². The zero-order chi connectivity index (χ0) is 21.4. The van der Waals surface area contributed by atoms with Crippen LogP contribution in [0.1, 0.15) is 63.5 Å². The number of rotatable bonds is 10. The molecule has 2 saturated carbocycles. The fraction of sp³-hybridized carbons (Fsp3) is 0.667. The largest absolute Gasteiger partial charge is 0.407 e. The van der Waals surface area contributed by atoms with Crippen molar-refractivity contribution in [1.29, 1.82) is 0 Å². The van der Waals surface area contributed by atoms with Crippen LogP contribution in [-0.4, -0.2) is 23.9 Å².